The second-order valence-corrected chi connectivity index (χ2v) is 3.01. The Morgan fingerprint density at radius 2 is 1.81 bits per heavy atom. The zero-order valence-corrected chi connectivity index (χ0v) is 7.61. The number of rotatable bonds is 1. The van der Waals surface area contributed by atoms with Crippen LogP contribution in [0.2, 0.25) is 0 Å². The Labute approximate surface area is 85.7 Å². The van der Waals surface area contributed by atoms with Crippen molar-refractivity contribution in [1.82, 2.24) is 9.97 Å². The van der Waals surface area contributed by atoms with Crippen LogP contribution in [-0.2, 0) is 0 Å². The molecule has 8 heteroatoms. The summed E-state index contributed by atoms with van der Waals surface area (Å²) in [6.07, 6.45) is 0. The van der Waals surface area contributed by atoms with E-state index in [0.29, 0.717) is 6.07 Å². The van der Waals surface area contributed by atoms with E-state index in [1.54, 1.807) is 0 Å². The van der Waals surface area contributed by atoms with Crippen molar-refractivity contribution in [2.75, 3.05) is 0 Å². The summed E-state index contributed by atoms with van der Waals surface area (Å²) in [6.45, 7) is 0. The van der Waals surface area contributed by atoms with Crippen molar-refractivity contribution >= 4 is 16.7 Å². The summed E-state index contributed by atoms with van der Waals surface area (Å²) < 4.78 is 13.0. The van der Waals surface area contributed by atoms with Crippen LogP contribution in [0.3, 0.4) is 0 Å². The minimum atomic E-state index is -1.03. The summed E-state index contributed by atoms with van der Waals surface area (Å²) in [4.78, 5) is 35.7. The van der Waals surface area contributed by atoms with Gasteiger partial charge in [-0.05, 0) is 0 Å². The van der Waals surface area contributed by atoms with Crippen molar-refractivity contribution in [1.29, 1.82) is 0 Å². The fourth-order valence-corrected chi connectivity index (χ4v) is 1.32. The van der Waals surface area contributed by atoms with Crippen molar-refractivity contribution in [3.63, 3.8) is 0 Å². The lowest BCUT2D eigenvalue weighted by atomic mass is 10.2. The van der Waals surface area contributed by atoms with Crippen molar-refractivity contribution in [2.24, 2.45) is 0 Å². The predicted octanol–water partition coefficient (Wildman–Crippen LogP) is 0.264. The van der Waals surface area contributed by atoms with Gasteiger partial charge in [0, 0.05) is 6.07 Å². The number of nitrogens with zero attached hydrogens (tertiary/aromatic N) is 1. The van der Waals surface area contributed by atoms with Crippen molar-refractivity contribution in [3.05, 3.63) is 48.8 Å². The number of nitrogens with one attached hydrogen (secondary N) is 2. The normalized spacial score (nSPS) is 10.6. The molecule has 1 heterocycles. The lowest BCUT2D eigenvalue weighted by Crippen LogP contribution is -2.29. The Kier molecular flexibility index (Phi) is 2.04. The number of nitro benzene ring substituents is 1. The van der Waals surface area contributed by atoms with Crippen molar-refractivity contribution < 1.29 is 9.31 Å². The van der Waals surface area contributed by atoms with Crippen LogP contribution in [0, 0.1) is 15.9 Å². The number of H-pyrrole nitrogens is 2. The highest BCUT2D eigenvalue weighted by Gasteiger charge is 2.16. The molecule has 82 valence electrons. The minimum Gasteiger partial charge on any atom is -0.316 e. The zero-order chi connectivity index (χ0) is 11.9. The van der Waals surface area contributed by atoms with Gasteiger partial charge in [0.25, 0.3) is 5.69 Å². The van der Waals surface area contributed by atoms with E-state index in [1.165, 1.54) is 0 Å². The fourth-order valence-electron chi connectivity index (χ4n) is 1.32. The number of aromatic nitrogens is 2. The SMILES string of the molecule is O=c1[nH]c2cc(F)cc([N+](=O)[O-])c2[nH]c1=O. The van der Waals surface area contributed by atoms with Gasteiger partial charge in [-0.3, -0.25) is 19.7 Å². The van der Waals surface area contributed by atoms with E-state index in [4.69, 9.17) is 0 Å². The molecule has 0 saturated heterocycles. The average Bonchev–Trinajstić information content (AvgIpc) is 2.19. The Hall–Kier alpha value is -2.51. The first-order chi connectivity index (χ1) is 7.49. The van der Waals surface area contributed by atoms with Gasteiger partial charge in [0.15, 0.2) is 0 Å². The highest BCUT2D eigenvalue weighted by molar-refractivity contribution is 5.83. The third-order valence-corrected chi connectivity index (χ3v) is 1.97. The first-order valence-electron chi connectivity index (χ1n) is 4.09. The number of halogens is 1. The Bertz CT molecular complexity index is 702. The van der Waals surface area contributed by atoms with Gasteiger partial charge in [-0.15, -0.1) is 0 Å². The molecule has 0 aliphatic carbocycles. The van der Waals surface area contributed by atoms with Crippen molar-refractivity contribution in [2.45, 2.75) is 0 Å². The van der Waals surface area contributed by atoms with Gasteiger partial charge in [-0.25, -0.2) is 4.39 Å². The molecule has 0 atom stereocenters. The van der Waals surface area contributed by atoms with Crippen LogP contribution >= 0.6 is 0 Å². The smallest absolute Gasteiger partial charge is 0.314 e. The molecular formula is C8H4FN3O4. The van der Waals surface area contributed by atoms with E-state index in [1.807, 2.05) is 4.98 Å². The van der Waals surface area contributed by atoms with E-state index in [2.05, 4.69) is 4.98 Å². The molecule has 0 amide bonds. The largest absolute Gasteiger partial charge is 0.316 e. The highest BCUT2D eigenvalue weighted by atomic mass is 19.1. The molecule has 2 N–H and O–H groups in total. The summed E-state index contributed by atoms with van der Waals surface area (Å²) >= 11 is 0. The molecule has 0 aliphatic heterocycles. The van der Waals surface area contributed by atoms with Crippen molar-refractivity contribution in [3.8, 4) is 0 Å². The van der Waals surface area contributed by atoms with Gasteiger partial charge in [-0.2, -0.15) is 0 Å². The van der Waals surface area contributed by atoms with Gasteiger partial charge in [0.1, 0.15) is 11.3 Å². The van der Waals surface area contributed by atoms with Crippen LogP contribution in [0.5, 0.6) is 0 Å². The molecule has 0 aliphatic rings. The zero-order valence-electron chi connectivity index (χ0n) is 7.61. The van der Waals surface area contributed by atoms with E-state index in [-0.39, 0.29) is 11.0 Å². The van der Waals surface area contributed by atoms with Gasteiger partial charge < -0.3 is 9.97 Å². The van der Waals surface area contributed by atoms with E-state index < -0.39 is 27.5 Å². The first-order valence-corrected chi connectivity index (χ1v) is 4.09. The quantitative estimate of drug-likeness (QED) is 0.412. The lowest BCUT2D eigenvalue weighted by Gasteiger charge is -1.98. The predicted molar refractivity (Wildman–Crippen MR) is 51.8 cm³/mol. The topological polar surface area (TPSA) is 109 Å². The molecule has 0 unspecified atom stereocenters. The summed E-state index contributed by atoms with van der Waals surface area (Å²) in [5.74, 6) is -0.873. The molecule has 16 heavy (non-hydrogen) atoms. The third kappa shape index (κ3) is 1.45. The Morgan fingerprint density at radius 3 is 2.44 bits per heavy atom. The number of aromatic amines is 2. The molecule has 7 nitrogen and oxygen atoms in total. The van der Waals surface area contributed by atoms with Crippen LogP contribution in [0.1, 0.15) is 0 Å². The molecule has 0 bridgehead atoms. The molecular weight excluding hydrogens is 221 g/mol. The monoisotopic (exact) mass is 225 g/mol. The maximum absolute atomic E-state index is 13.0. The van der Waals surface area contributed by atoms with Gasteiger partial charge in [0.2, 0.25) is 0 Å². The highest BCUT2D eigenvalue weighted by Crippen LogP contribution is 2.21. The lowest BCUT2D eigenvalue weighted by molar-refractivity contribution is -0.383. The number of non-ortho nitro benzene ring substituents is 1. The molecule has 1 aromatic heterocycles. The Morgan fingerprint density at radius 1 is 1.19 bits per heavy atom. The van der Waals surface area contributed by atoms with Crippen LogP contribution in [-0.4, -0.2) is 14.9 Å². The van der Waals surface area contributed by atoms with Crippen LogP contribution in [0.25, 0.3) is 11.0 Å². The summed E-state index contributed by atoms with van der Waals surface area (Å²) in [5, 5.41) is 10.6. The first kappa shape index (κ1) is 10.0. The van der Waals surface area contributed by atoms with Crippen LogP contribution in [0.4, 0.5) is 10.1 Å². The maximum atomic E-state index is 13.0. The molecule has 0 spiro atoms. The van der Waals surface area contributed by atoms with Crippen LogP contribution in [0.15, 0.2) is 21.7 Å². The summed E-state index contributed by atoms with van der Waals surface area (Å²) in [6, 6.07) is 1.55. The standard InChI is InChI=1S/C8H4FN3O4/c9-3-1-4-6(5(2-3)12(15)16)11-8(14)7(13)10-4/h1-2H,(H,10,13)(H,11,14). The number of hydrogen-bond donors (Lipinski definition) is 2. The van der Waals surface area contributed by atoms with Gasteiger partial charge in [-0.1, -0.05) is 0 Å². The molecule has 1 aromatic carbocycles. The Balaban J connectivity index is 3.02. The van der Waals surface area contributed by atoms with E-state index in [9.17, 15) is 24.1 Å². The molecule has 0 saturated carbocycles. The van der Waals surface area contributed by atoms with Gasteiger partial charge >= 0.3 is 11.1 Å². The molecule has 2 aromatic rings. The molecule has 2 rings (SSSR count). The summed E-state index contributed by atoms with van der Waals surface area (Å²) in [5.41, 5.74) is -2.97. The minimum absolute atomic E-state index is 0.128. The van der Waals surface area contributed by atoms with E-state index in [0.717, 1.165) is 6.07 Å². The second-order valence-electron chi connectivity index (χ2n) is 3.01. The fraction of sp³-hybridized carbons (Fsp3) is 0. The number of nitro groups is 1. The maximum Gasteiger partial charge on any atom is 0.314 e. The molecule has 0 radical (unpaired) electrons. The number of fused-ring (bicyclic) bond motifs is 1. The van der Waals surface area contributed by atoms with Crippen LogP contribution < -0.4 is 11.1 Å². The third-order valence-electron chi connectivity index (χ3n) is 1.97. The average molecular weight is 225 g/mol. The second kappa shape index (κ2) is 3.26. The summed E-state index contributed by atoms with van der Waals surface area (Å²) in [7, 11) is 0. The number of hydrogen-bond acceptors (Lipinski definition) is 4. The van der Waals surface area contributed by atoms with E-state index >= 15 is 0 Å². The molecule has 0 fully saturated rings. The van der Waals surface area contributed by atoms with Gasteiger partial charge in [0.05, 0.1) is 16.5 Å². The number of benzene rings is 1.